The van der Waals surface area contributed by atoms with E-state index in [0.717, 1.165) is 69.5 Å². The number of halogens is 4. The SMILES string of the molecule is COc1ccccc1C1CCN(C2CCC(NC(=O)/C=C/c3cc(F)cc(C(F)(F)F)c3)CC2)CC1. The second-order valence-corrected chi connectivity index (χ2v) is 9.67. The van der Waals surface area contributed by atoms with Gasteiger partial charge in [-0.15, -0.1) is 0 Å². The summed E-state index contributed by atoms with van der Waals surface area (Å²) in [7, 11) is 1.71. The molecule has 0 unspecified atom stereocenters. The molecule has 0 atom stereocenters. The number of rotatable bonds is 6. The first-order valence-corrected chi connectivity index (χ1v) is 12.5. The van der Waals surface area contributed by atoms with Gasteiger partial charge in [0.15, 0.2) is 0 Å². The summed E-state index contributed by atoms with van der Waals surface area (Å²) in [5, 5.41) is 2.94. The van der Waals surface area contributed by atoms with Gasteiger partial charge in [-0.25, -0.2) is 4.39 Å². The fourth-order valence-electron chi connectivity index (χ4n) is 5.46. The molecule has 1 N–H and O–H groups in total. The first-order valence-electron chi connectivity index (χ1n) is 12.5. The highest BCUT2D eigenvalue weighted by atomic mass is 19.4. The van der Waals surface area contributed by atoms with Crippen LogP contribution < -0.4 is 10.1 Å². The molecule has 8 heteroatoms. The van der Waals surface area contributed by atoms with Crippen LogP contribution in [0.2, 0.25) is 0 Å². The molecule has 4 rings (SSSR count). The Morgan fingerprint density at radius 3 is 2.39 bits per heavy atom. The van der Waals surface area contributed by atoms with Crippen LogP contribution in [0.25, 0.3) is 6.08 Å². The predicted octanol–water partition coefficient (Wildman–Crippen LogP) is 6.17. The van der Waals surface area contributed by atoms with Crippen LogP contribution in [0, 0.1) is 5.82 Å². The Hall–Kier alpha value is -2.87. The average Bonchev–Trinajstić information content (AvgIpc) is 2.87. The fraction of sp³-hybridized carbons (Fsp3) is 0.464. The summed E-state index contributed by atoms with van der Waals surface area (Å²) in [5.74, 6) is 0.0913. The molecule has 1 saturated heterocycles. The van der Waals surface area contributed by atoms with Crippen molar-refractivity contribution in [3.05, 3.63) is 71.0 Å². The summed E-state index contributed by atoms with van der Waals surface area (Å²) in [6.45, 7) is 2.08. The number of carbonyl (C=O) groups is 1. The molecule has 1 aliphatic heterocycles. The predicted molar refractivity (Wildman–Crippen MR) is 131 cm³/mol. The molecular weight excluding hydrogens is 472 g/mol. The molecule has 0 radical (unpaired) electrons. The molecule has 0 bridgehead atoms. The maximum atomic E-state index is 13.5. The molecule has 1 aliphatic carbocycles. The number of hydrogen-bond acceptors (Lipinski definition) is 3. The quantitative estimate of drug-likeness (QED) is 0.378. The second kappa shape index (κ2) is 11.5. The lowest BCUT2D eigenvalue weighted by molar-refractivity contribution is -0.137. The maximum Gasteiger partial charge on any atom is 0.416 e. The lowest BCUT2D eigenvalue weighted by Gasteiger charge is -2.41. The summed E-state index contributed by atoms with van der Waals surface area (Å²) >= 11 is 0. The Morgan fingerprint density at radius 2 is 1.72 bits per heavy atom. The second-order valence-electron chi connectivity index (χ2n) is 9.67. The van der Waals surface area contributed by atoms with Crippen LogP contribution >= 0.6 is 0 Å². The highest BCUT2D eigenvalue weighted by molar-refractivity contribution is 5.91. The number of amides is 1. The number of nitrogens with zero attached hydrogens (tertiary/aromatic N) is 1. The van der Waals surface area contributed by atoms with E-state index in [2.05, 4.69) is 22.3 Å². The zero-order valence-electron chi connectivity index (χ0n) is 20.4. The van der Waals surface area contributed by atoms with Gasteiger partial charge in [-0.2, -0.15) is 13.2 Å². The molecule has 2 aromatic carbocycles. The summed E-state index contributed by atoms with van der Waals surface area (Å²) in [4.78, 5) is 14.9. The van der Waals surface area contributed by atoms with Crippen molar-refractivity contribution in [1.82, 2.24) is 10.2 Å². The zero-order valence-corrected chi connectivity index (χ0v) is 20.4. The molecule has 1 amide bonds. The molecule has 1 heterocycles. The van der Waals surface area contributed by atoms with Crippen LogP contribution in [-0.2, 0) is 11.0 Å². The minimum Gasteiger partial charge on any atom is -0.496 e. The Labute approximate surface area is 209 Å². The molecule has 0 aromatic heterocycles. The van der Waals surface area contributed by atoms with Gasteiger partial charge in [-0.3, -0.25) is 4.79 Å². The van der Waals surface area contributed by atoms with E-state index >= 15 is 0 Å². The Kier molecular flexibility index (Phi) is 8.34. The number of para-hydroxylation sites is 1. The number of hydrogen-bond donors (Lipinski definition) is 1. The molecule has 4 nitrogen and oxygen atoms in total. The van der Waals surface area contributed by atoms with Crippen LogP contribution in [0.4, 0.5) is 17.6 Å². The van der Waals surface area contributed by atoms with Crippen LogP contribution in [0.3, 0.4) is 0 Å². The van der Waals surface area contributed by atoms with E-state index in [4.69, 9.17) is 4.74 Å². The van der Waals surface area contributed by atoms with Crippen molar-refractivity contribution in [2.24, 2.45) is 0 Å². The first kappa shape index (κ1) is 26.2. The van der Waals surface area contributed by atoms with E-state index in [0.29, 0.717) is 18.0 Å². The lowest BCUT2D eigenvalue weighted by Crippen LogP contribution is -2.46. The Morgan fingerprint density at radius 1 is 1.03 bits per heavy atom. The summed E-state index contributed by atoms with van der Waals surface area (Å²) in [6, 6.07) is 11.0. The third kappa shape index (κ3) is 6.66. The number of benzene rings is 2. The molecule has 194 valence electrons. The average molecular weight is 505 g/mol. The fourth-order valence-corrected chi connectivity index (χ4v) is 5.46. The first-order chi connectivity index (χ1) is 17.2. The van der Waals surface area contributed by atoms with Crippen LogP contribution in [0.1, 0.15) is 61.1 Å². The van der Waals surface area contributed by atoms with E-state index in [1.54, 1.807) is 7.11 Å². The Balaban J connectivity index is 1.23. The van der Waals surface area contributed by atoms with Crippen molar-refractivity contribution >= 4 is 12.0 Å². The van der Waals surface area contributed by atoms with E-state index < -0.39 is 17.6 Å². The van der Waals surface area contributed by atoms with Crippen LogP contribution in [0.5, 0.6) is 5.75 Å². The van der Waals surface area contributed by atoms with E-state index in [1.807, 2.05) is 12.1 Å². The van der Waals surface area contributed by atoms with Gasteiger partial charge in [0, 0.05) is 18.2 Å². The summed E-state index contributed by atoms with van der Waals surface area (Å²) in [5.41, 5.74) is 0.206. The van der Waals surface area contributed by atoms with E-state index in [-0.39, 0.29) is 17.5 Å². The van der Waals surface area contributed by atoms with Gasteiger partial charge in [0.05, 0.1) is 12.7 Å². The number of ether oxygens (including phenoxy) is 1. The third-order valence-corrected chi connectivity index (χ3v) is 7.34. The van der Waals surface area contributed by atoms with Gasteiger partial charge < -0.3 is 15.0 Å². The Bertz CT molecular complexity index is 1070. The van der Waals surface area contributed by atoms with Crippen molar-refractivity contribution in [3.63, 3.8) is 0 Å². The number of piperidine rings is 1. The smallest absolute Gasteiger partial charge is 0.416 e. The largest absolute Gasteiger partial charge is 0.496 e. The monoisotopic (exact) mass is 504 g/mol. The number of nitrogens with one attached hydrogen (secondary N) is 1. The summed E-state index contributed by atoms with van der Waals surface area (Å²) < 4.78 is 57.7. The normalized spacial score (nSPS) is 22.0. The van der Waals surface area contributed by atoms with E-state index in [1.165, 1.54) is 17.7 Å². The minimum atomic E-state index is -4.64. The van der Waals surface area contributed by atoms with Crippen LogP contribution in [0.15, 0.2) is 48.5 Å². The lowest BCUT2D eigenvalue weighted by atomic mass is 9.85. The number of likely N-dealkylation sites (tertiary alicyclic amines) is 1. The van der Waals surface area contributed by atoms with Gasteiger partial charge in [0.2, 0.25) is 5.91 Å². The standard InChI is InChI=1S/C28H32F4N2O2/c1-36-26-5-3-2-4-25(26)20-12-14-34(15-13-20)24-9-7-23(8-10-24)33-27(35)11-6-19-16-21(28(30,31)32)18-22(29)17-19/h2-6,11,16-18,20,23-24H,7-10,12-15H2,1H3,(H,33,35)/b11-6+. The maximum absolute atomic E-state index is 13.5. The number of alkyl halides is 3. The van der Waals surface area contributed by atoms with Crippen molar-refractivity contribution < 1.29 is 27.1 Å². The third-order valence-electron chi connectivity index (χ3n) is 7.34. The molecule has 0 spiro atoms. The molecule has 36 heavy (non-hydrogen) atoms. The van der Waals surface area contributed by atoms with Gasteiger partial charge in [-0.05, 0) is 99.0 Å². The van der Waals surface area contributed by atoms with Crippen LogP contribution in [-0.4, -0.2) is 43.1 Å². The summed E-state index contributed by atoms with van der Waals surface area (Å²) in [6.07, 6.45) is 3.63. The van der Waals surface area contributed by atoms with Gasteiger partial charge >= 0.3 is 6.18 Å². The highest BCUT2D eigenvalue weighted by Crippen LogP contribution is 2.36. The van der Waals surface area contributed by atoms with Gasteiger partial charge in [0.25, 0.3) is 0 Å². The van der Waals surface area contributed by atoms with Crippen molar-refractivity contribution in [2.45, 2.75) is 62.7 Å². The molecule has 2 fully saturated rings. The van der Waals surface area contributed by atoms with Gasteiger partial charge in [-0.1, -0.05) is 18.2 Å². The van der Waals surface area contributed by atoms with Gasteiger partial charge in [0.1, 0.15) is 11.6 Å². The molecular formula is C28H32F4N2O2. The molecule has 2 aliphatic rings. The topological polar surface area (TPSA) is 41.6 Å². The number of carbonyl (C=O) groups excluding carboxylic acids is 1. The minimum absolute atomic E-state index is 0.00212. The number of methoxy groups -OCH3 is 1. The van der Waals surface area contributed by atoms with E-state index in [9.17, 15) is 22.4 Å². The highest BCUT2D eigenvalue weighted by Gasteiger charge is 2.32. The zero-order chi connectivity index (χ0) is 25.7. The van der Waals surface area contributed by atoms with Crippen molar-refractivity contribution in [1.29, 1.82) is 0 Å². The molecule has 1 saturated carbocycles. The molecule has 2 aromatic rings. The van der Waals surface area contributed by atoms with Crippen molar-refractivity contribution in [3.8, 4) is 5.75 Å². The van der Waals surface area contributed by atoms with Crippen molar-refractivity contribution in [2.75, 3.05) is 20.2 Å².